The molecule has 3 nitrogen and oxygen atoms in total. The second-order valence-corrected chi connectivity index (χ2v) is 2.95. The maximum atomic E-state index is 10.9. The molecule has 0 saturated heterocycles. The minimum atomic E-state index is -1.09. The highest BCUT2D eigenvalue weighted by Crippen LogP contribution is 2.07. The average molecular weight is 145 g/mol. The van der Waals surface area contributed by atoms with Crippen LogP contribution in [0.1, 0.15) is 27.2 Å². The third-order valence-corrected chi connectivity index (χ3v) is 1.46. The highest BCUT2D eigenvalue weighted by molar-refractivity contribution is 5.84. The van der Waals surface area contributed by atoms with Gasteiger partial charge in [-0.2, -0.15) is 0 Å². The Kier molecular flexibility index (Phi) is 2.99. The van der Waals surface area contributed by atoms with Crippen molar-refractivity contribution in [1.29, 1.82) is 0 Å². The smallest absolute Gasteiger partial charge is 0.152 e. The minimum absolute atomic E-state index is 0.104. The van der Waals surface area contributed by atoms with E-state index in [1.807, 2.05) is 0 Å². The molecular weight excluding hydrogens is 130 g/mol. The van der Waals surface area contributed by atoms with Crippen molar-refractivity contribution in [3.05, 3.63) is 0 Å². The molecule has 0 spiro atoms. The molecule has 0 aromatic carbocycles. The topological polar surface area (TPSA) is 63.3 Å². The van der Waals surface area contributed by atoms with E-state index in [1.54, 1.807) is 6.92 Å². The summed E-state index contributed by atoms with van der Waals surface area (Å²) in [5, 5.41) is 9.24. The van der Waals surface area contributed by atoms with Gasteiger partial charge in [-0.25, -0.2) is 0 Å². The van der Waals surface area contributed by atoms with E-state index in [0.717, 1.165) is 0 Å². The quantitative estimate of drug-likeness (QED) is 0.590. The number of rotatable bonds is 3. The molecule has 0 aliphatic carbocycles. The summed E-state index contributed by atoms with van der Waals surface area (Å²) >= 11 is 0. The first-order valence-electron chi connectivity index (χ1n) is 3.40. The molecule has 0 aromatic heterocycles. The van der Waals surface area contributed by atoms with Crippen molar-refractivity contribution in [2.45, 2.75) is 38.8 Å². The molecule has 0 aliphatic rings. The predicted octanol–water partition coefficient (Wildman–Crippen LogP) is 0.0637. The van der Waals surface area contributed by atoms with Crippen molar-refractivity contribution in [3.63, 3.8) is 0 Å². The number of Topliss-reactive ketones (excluding diaryl/α,β-unsaturated/α-hetero) is 1. The van der Waals surface area contributed by atoms with Crippen molar-refractivity contribution in [3.8, 4) is 0 Å². The van der Waals surface area contributed by atoms with Crippen molar-refractivity contribution >= 4 is 5.78 Å². The molecule has 3 N–H and O–H groups in total. The fraction of sp³-hybridized carbons (Fsp3) is 0.857. The molecule has 0 rings (SSSR count). The largest absolute Gasteiger partial charge is 0.388 e. The molecule has 0 aliphatic heterocycles. The minimum Gasteiger partial charge on any atom is -0.388 e. The lowest BCUT2D eigenvalue weighted by Crippen LogP contribution is -2.48. The van der Waals surface area contributed by atoms with Gasteiger partial charge in [0.2, 0.25) is 0 Å². The van der Waals surface area contributed by atoms with Gasteiger partial charge in [0, 0.05) is 6.42 Å². The normalized spacial score (nSPS) is 14.9. The van der Waals surface area contributed by atoms with Crippen LogP contribution >= 0.6 is 0 Å². The molecule has 3 heteroatoms. The van der Waals surface area contributed by atoms with Gasteiger partial charge in [0.25, 0.3) is 0 Å². The second kappa shape index (κ2) is 3.12. The third-order valence-electron chi connectivity index (χ3n) is 1.46. The van der Waals surface area contributed by atoms with E-state index in [-0.39, 0.29) is 5.78 Å². The number of aliphatic hydroxyl groups is 1. The molecule has 1 atom stereocenters. The van der Waals surface area contributed by atoms with Crippen LogP contribution < -0.4 is 5.73 Å². The fourth-order valence-corrected chi connectivity index (χ4v) is 0.614. The van der Waals surface area contributed by atoms with E-state index in [2.05, 4.69) is 0 Å². The zero-order valence-electron chi connectivity index (χ0n) is 6.72. The Morgan fingerprint density at radius 2 is 2.10 bits per heavy atom. The summed E-state index contributed by atoms with van der Waals surface area (Å²) in [6, 6.07) is -0.752. The molecule has 60 valence electrons. The monoisotopic (exact) mass is 145 g/mol. The molecule has 0 bridgehead atoms. The van der Waals surface area contributed by atoms with E-state index >= 15 is 0 Å². The van der Waals surface area contributed by atoms with Crippen LogP contribution in [0.2, 0.25) is 0 Å². The lowest BCUT2D eigenvalue weighted by molar-refractivity contribution is -0.124. The Labute approximate surface area is 61.2 Å². The molecule has 10 heavy (non-hydrogen) atoms. The Hall–Kier alpha value is -0.410. The number of carbonyl (C=O) groups is 1. The summed E-state index contributed by atoms with van der Waals surface area (Å²) < 4.78 is 0. The molecule has 0 fully saturated rings. The Morgan fingerprint density at radius 3 is 2.20 bits per heavy atom. The standard InChI is InChI=1S/C7H15NO2/c1-4-5(9)6(8)7(2,3)10/h6,10H,4,8H2,1-3H3/t6-/m1/s1. The van der Waals surface area contributed by atoms with E-state index < -0.39 is 11.6 Å². The first-order valence-corrected chi connectivity index (χ1v) is 3.40. The van der Waals surface area contributed by atoms with Crippen LogP contribution in [-0.2, 0) is 4.79 Å². The Morgan fingerprint density at radius 1 is 1.70 bits per heavy atom. The van der Waals surface area contributed by atoms with E-state index in [0.29, 0.717) is 6.42 Å². The SMILES string of the molecule is CCC(=O)[C@@H](N)C(C)(C)O. The molecule has 0 unspecified atom stereocenters. The van der Waals surface area contributed by atoms with Gasteiger partial charge < -0.3 is 10.8 Å². The van der Waals surface area contributed by atoms with Crippen LogP contribution in [0.4, 0.5) is 0 Å². The fourth-order valence-electron chi connectivity index (χ4n) is 0.614. The predicted molar refractivity (Wildman–Crippen MR) is 39.6 cm³/mol. The summed E-state index contributed by atoms with van der Waals surface area (Å²) in [5.41, 5.74) is 4.32. The van der Waals surface area contributed by atoms with Gasteiger partial charge in [0.05, 0.1) is 11.6 Å². The highest BCUT2D eigenvalue weighted by atomic mass is 16.3. The van der Waals surface area contributed by atoms with E-state index in [1.165, 1.54) is 13.8 Å². The van der Waals surface area contributed by atoms with Gasteiger partial charge in [0.1, 0.15) is 0 Å². The maximum absolute atomic E-state index is 10.9. The van der Waals surface area contributed by atoms with Crippen molar-refractivity contribution in [1.82, 2.24) is 0 Å². The third kappa shape index (κ3) is 2.45. The lowest BCUT2D eigenvalue weighted by atomic mass is 9.95. The zero-order chi connectivity index (χ0) is 8.36. The van der Waals surface area contributed by atoms with Crippen LogP contribution in [0.5, 0.6) is 0 Å². The first-order chi connectivity index (χ1) is 4.39. The molecule has 0 saturated carbocycles. The number of hydrogen-bond donors (Lipinski definition) is 2. The summed E-state index contributed by atoms with van der Waals surface area (Å²) in [6.07, 6.45) is 0.380. The van der Waals surface area contributed by atoms with Crippen molar-refractivity contribution < 1.29 is 9.90 Å². The van der Waals surface area contributed by atoms with Crippen molar-refractivity contribution in [2.75, 3.05) is 0 Å². The molecular formula is C7H15NO2. The highest BCUT2D eigenvalue weighted by Gasteiger charge is 2.27. The van der Waals surface area contributed by atoms with E-state index in [4.69, 9.17) is 5.73 Å². The van der Waals surface area contributed by atoms with E-state index in [9.17, 15) is 9.90 Å². The number of carbonyl (C=O) groups excluding carboxylic acids is 1. The van der Waals surface area contributed by atoms with Crippen LogP contribution in [0.3, 0.4) is 0 Å². The molecule has 0 amide bonds. The zero-order valence-corrected chi connectivity index (χ0v) is 6.72. The number of nitrogens with two attached hydrogens (primary N) is 1. The summed E-state index contributed by atoms with van der Waals surface area (Å²) in [6.45, 7) is 4.80. The van der Waals surface area contributed by atoms with Crippen molar-refractivity contribution in [2.24, 2.45) is 5.73 Å². The Balaban J connectivity index is 4.08. The summed E-state index contributed by atoms with van der Waals surface area (Å²) in [5.74, 6) is -0.104. The second-order valence-electron chi connectivity index (χ2n) is 2.95. The lowest BCUT2D eigenvalue weighted by Gasteiger charge is -2.23. The Bertz CT molecular complexity index is 126. The maximum Gasteiger partial charge on any atom is 0.152 e. The number of hydrogen-bond acceptors (Lipinski definition) is 3. The van der Waals surface area contributed by atoms with Gasteiger partial charge in [0.15, 0.2) is 5.78 Å². The summed E-state index contributed by atoms with van der Waals surface area (Å²) in [7, 11) is 0. The van der Waals surface area contributed by atoms with Crippen LogP contribution in [0.25, 0.3) is 0 Å². The molecule has 0 aromatic rings. The van der Waals surface area contributed by atoms with Gasteiger partial charge in [-0.15, -0.1) is 0 Å². The number of ketones is 1. The van der Waals surface area contributed by atoms with Gasteiger partial charge in [-0.3, -0.25) is 4.79 Å². The van der Waals surface area contributed by atoms with Crippen LogP contribution in [0, 0.1) is 0 Å². The van der Waals surface area contributed by atoms with Gasteiger partial charge in [-0.05, 0) is 13.8 Å². The van der Waals surface area contributed by atoms with Crippen LogP contribution in [-0.4, -0.2) is 22.5 Å². The van der Waals surface area contributed by atoms with Gasteiger partial charge >= 0.3 is 0 Å². The molecule has 0 radical (unpaired) electrons. The van der Waals surface area contributed by atoms with Crippen LogP contribution in [0.15, 0.2) is 0 Å². The average Bonchev–Trinajstić information content (AvgIpc) is 1.83. The summed E-state index contributed by atoms with van der Waals surface area (Å²) in [4.78, 5) is 10.9. The van der Waals surface area contributed by atoms with Gasteiger partial charge in [-0.1, -0.05) is 6.92 Å². The molecule has 0 heterocycles. The first kappa shape index (κ1) is 9.59.